The SMILES string of the molecule is CC(C)NC(=O)C(C)(C)C(=O)Nc1ccc(Cl)cc1Cl. The molecule has 1 aromatic carbocycles. The van der Waals surface area contributed by atoms with Crippen LogP contribution < -0.4 is 10.6 Å². The number of carbonyl (C=O) groups is 2. The van der Waals surface area contributed by atoms with E-state index in [9.17, 15) is 9.59 Å². The smallest absolute Gasteiger partial charge is 0.239 e. The van der Waals surface area contributed by atoms with E-state index in [1.165, 1.54) is 6.07 Å². The summed E-state index contributed by atoms with van der Waals surface area (Å²) in [7, 11) is 0. The van der Waals surface area contributed by atoms with Gasteiger partial charge in [-0.15, -0.1) is 0 Å². The highest BCUT2D eigenvalue weighted by molar-refractivity contribution is 6.36. The molecule has 1 rings (SSSR count). The average molecular weight is 317 g/mol. The number of benzene rings is 1. The fourth-order valence-electron chi connectivity index (χ4n) is 1.42. The molecule has 0 radical (unpaired) electrons. The van der Waals surface area contributed by atoms with Gasteiger partial charge < -0.3 is 10.6 Å². The van der Waals surface area contributed by atoms with Crippen LogP contribution in [0.15, 0.2) is 18.2 Å². The minimum absolute atomic E-state index is 0.0336. The Balaban J connectivity index is 2.86. The first kappa shape index (κ1) is 16.8. The van der Waals surface area contributed by atoms with E-state index in [1.54, 1.807) is 26.0 Å². The molecule has 1 aromatic rings. The van der Waals surface area contributed by atoms with E-state index < -0.39 is 11.3 Å². The van der Waals surface area contributed by atoms with Crippen LogP contribution in [0.25, 0.3) is 0 Å². The molecule has 4 nitrogen and oxygen atoms in total. The lowest BCUT2D eigenvalue weighted by atomic mass is 9.90. The molecule has 0 saturated heterocycles. The number of anilines is 1. The van der Waals surface area contributed by atoms with Crippen LogP contribution in [0, 0.1) is 5.41 Å². The first-order valence-electron chi connectivity index (χ1n) is 6.22. The second-order valence-corrected chi connectivity index (χ2v) is 6.18. The van der Waals surface area contributed by atoms with Crippen LogP contribution in [0.1, 0.15) is 27.7 Å². The third-order valence-corrected chi connectivity index (χ3v) is 3.28. The second kappa shape index (κ2) is 6.46. The summed E-state index contributed by atoms with van der Waals surface area (Å²) in [5.41, 5.74) is -0.778. The van der Waals surface area contributed by atoms with Crippen LogP contribution in [0.3, 0.4) is 0 Å². The zero-order chi connectivity index (χ0) is 15.5. The van der Waals surface area contributed by atoms with Crippen molar-refractivity contribution in [1.82, 2.24) is 5.32 Å². The quantitative estimate of drug-likeness (QED) is 0.835. The highest BCUT2D eigenvalue weighted by atomic mass is 35.5. The maximum atomic E-state index is 12.2. The summed E-state index contributed by atoms with van der Waals surface area (Å²) >= 11 is 11.8. The first-order chi connectivity index (χ1) is 9.14. The Bertz CT molecular complexity index is 528. The minimum Gasteiger partial charge on any atom is -0.353 e. The summed E-state index contributed by atoms with van der Waals surface area (Å²) in [6.07, 6.45) is 0. The summed E-state index contributed by atoms with van der Waals surface area (Å²) in [5.74, 6) is -0.769. The monoisotopic (exact) mass is 316 g/mol. The second-order valence-electron chi connectivity index (χ2n) is 5.33. The molecule has 110 valence electrons. The zero-order valence-electron chi connectivity index (χ0n) is 11.9. The van der Waals surface area contributed by atoms with Gasteiger partial charge in [-0.25, -0.2) is 0 Å². The van der Waals surface area contributed by atoms with Crippen LogP contribution in [0.5, 0.6) is 0 Å². The van der Waals surface area contributed by atoms with Crippen molar-refractivity contribution in [2.45, 2.75) is 33.7 Å². The van der Waals surface area contributed by atoms with Gasteiger partial charge >= 0.3 is 0 Å². The molecule has 0 bridgehead atoms. The van der Waals surface area contributed by atoms with Gasteiger partial charge in [0.1, 0.15) is 5.41 Å². The van der Waals surface area contributed by atoms with Crippen molar-refractivity contribution in [2.75, 3.05) is 5.32 Å². The maximum absolute atomic E-state index is 12.2. The number of nitrogens with one attached hydrogen (secondary N) is 2. The molecule has 0 saturated carbocycles. The molecule has 0 aliphatic heterocycles. The Morgan fingerprint density at radius 3 is 2.25 bits per heavy atom. The standard InChI is InChI=1S/C14H18Cl2N2O2/c1-8(2)17-12(19)14(3,4)13(20)18-11-6-5-9(15)7-10(11)16/h5-8H,1-4H3,(H,17,19)(H,18,20). The van der Waals surface area contributed by atoms with Crippen molar-refractivity contribution < 1.29 is 9.59 Å². The largest absolute Gasteiger partial charge is 0.353 e. The molecular weight excluding hydrogens is 299 g/mol. The van der Waals surface area contributed by atoms with Crippen LogP contribution in [-0.4, -0.2) is 17.9 Å². The zero-order valence-corrected chi connectivity index (χ0v) is 13.4. The molecule has 6 heteroatoms. The maximum Gasteiger partial charge on any atom is 0.239 e. The molecule has 0 aliphatic rings. The van der Waals surface area contributed by atoms with Crippen LogP contribution in [0.4, 0.5) is 5.69 Å². The van der Waals surface area contributed by atoms with E-state index in [2.05, 4.69) is 10.6 Å². The van der Waals surface area contributed by atoms with Gasteiger partial charge in [-0.05, 0) is 45.9 Å². The fourth-order valence-corrected chi connectivity index (χ4v) is 1.87. The lowest BCUT2D eigenvalue weighted by Gasteiger charge is -2.24. The lowest BCUT2D eigenvalue weighted by molar-refractivity contribution is -0.138. The first-order valence-corrected chi connectivity index (χ1v) is 6.97. The van der Waals surface area contributed by atoms with Crippen molar-refractivity contribution in [3.8, 4) is 0 Å². The molecule has 2 amide bonds. The van der Waals surface area contributed by atoms with E-state index in [1.807, 2.05) is 13.8 Å². The Labute approximate surface area is 128 Å². The highest BCUT2D eigenvalue weighted by Crippen LogP contribution is 2.27. The Hall–Kier alpha value is -1.26. The predicted molar refractivity (Wildman–Crippen MR) is 82.2 cm³/mol. The molecule has 0 spiro atoms. The van der Waals surface area contributed by atoms with E-state index in [0.29, 0.717) is 15.7 Å². The van der Waals surface area contributed by atoms with Gasteiger partial charge in [0.05, 0.1) is 10.7 Å². The summed E-state index contributed by atoms with van der Waals surface area (Å²) in [6, 6.07) is 4.71. The normalized spacial score (nSPS) is 11.3. The highest BCUT2D eigenvalue weighted by Gasteiger charge is 2.36. The number of carbonyl (C=O) groups excluding carboxylic acids is 2. The number of rotatable bonds is 4. The molecule has 0 aromatic heterocycles. The van der Waals surface area contributed by atoms with Gasteiger partial charge in [0.2, 0.25) is 11.8 Å². The number of hydrogen-bond acceptors (Lipinski definition) is 2. The fraction of sp³-hybridized carbons (Fsp3) is 0.429. The van der Waals surface area contributed by atoms with Gasteiger partial charge in [-0.1, -0.05) is 23.2 Å². The van der Waals surface area contributed by atoms with Gasteiger partial charge in [-0.3, -0.25) is 9.59 Å². The van der Waals surface area contributed by atoms with E-state index >= 15 is 0 Å². The molecule has 0 fully saturated rings. The molecule has 0 atom stereocenters. The van der Waals surface area contributed by atoms with Crippen molar-refractivity contribution >= 4 is 40.7 Å². The van der Waals surface area contributed by atoms with Crippen molar-refractivity contribution in [2.24, 2.45) is 5.41 Å². The van der Waals surface area contributed by atoms with Gasteiger partial charge in [0.15, 0.2) is 0 Å². The number of hydrogen-bond donors (Lipinski definition) is 2. The van der Waals surface area contributed by atoms with Gasteiger partial charge in [0, 0.05) is 11.1 Å². The third-order valence-electron chi connectivity index (χ3n) is 2.73. The van der Waals surface area contributed by atoms with Crippen molar-refractivity contribution in [3.05, 3.63) is 28.2 Å². The summed E-state index contributed by atoms with van der Waals surface area (Å²) in [4.78, 5) is 24.3. The number of amides is 2. The Kier molecular flexibility index (Phi) is 5.42. The van der Waals surface area contributed by atoms with E-state index in [-0.39, 0.29) is 11.9 Å². The topological polar surface area (TPSA) is 58.2 Å². The van der Waals surface area contributed by atoms with Crippen LogP contribution in [0.2, 0.25) is 10.0 Å². The predicted octanol–water partition coefficient (Wildman–Crippen LogP) is 3.48. The van der Waals surface area contributed by atoms with E-state index in [0.717, 1.165) is 0 Å². The van der Waals surface area contributed by atoms with E-state index in [4.69, 9.17) is 23.2 Å². The molecule has 0 heterocycles. The average Bonchev–Trinajstić information content (AvgIpc) is 2.31. The summed E-state index contributed by atoms with van der Waals surface area (Å²) < 4.78 is 0. The molecular formula is C14H18Cl2N2O2. The molecule has 0 aliphatic carbocycles. The van der Waals surface area contributed by atoms with Crippen molar-refractivity contribution in [1.29, 1.82) is 0 Å². The third kappa shape index (κ3) is 4.12. The molecule has 0 unspecified atom stereocenters. The number of halogens is 2. The lowest BCUT2D eigenvalue weighted by Crippen LogP contribution is -2.47. The molecule has 20 heavy (non-hydrogen) atoms. The summed E-state index contributed by atoms with van der Waals surface area (Å²) in [5, 5.41) is 6.16. The minimum atomic E-state index is -1.20. The summed E-state index contributed by atoms with van der Waals surface area (Å²) in [6.45, 7) is 6.79. The van der Waals surface area contributed by atoms with Crippen molar-refractivity contribution in [3.63, 3.8) is 0 Å². The van der Waals surface area contributed by atoms with Crippen LogP contribution >= 0.6 is 23.2 Å². The van der Waals surface area contributed by atoms with Gasteiger partial charge in [0.25, 0.3) is 0 Å². The molecule has 2 N–H and O–H groups in total. The van der Waals surface area contributed by atoms with Gasteiger partial charge in [-0.2, -0.15) is 0 Å². The Morgan fingerprint density at radius 2 is 1.75 bits per heavy atom. The Morgan fingerprint density at radius 1 is 1.15 bits per heavy atom. The van der Waals surface area contributed by atoms with Crippen LogP contribution in [-0.2, 0) is 9.59 Å².